The van der Waals surface area contributed by atoms with Crippen LogP contribution in [-0.4, -0.2) is 22.6 Å². The molecule has 1 saturated heterocycles. The Morgan fingerprint density at radius 3 is 2.75 bits per heavy atom. The predicted octanol–water partition coefficient (Wildman–Crippen LogP) is 2.52. The van der Waals surface area contributed by atoms with Crippen molar-refractivity contribution in [1.82, 2.24) is 10.1 Å². The van der Waals surface area contributed by atoms with Gasteiger partial charge in [0.1, 0.15) is 0 Å². The molecular weight excluding hydrogens is 254 g/mol. The van der Waals surface area contributed by atoms with Crippen LogP contribution in [0, 0.1) is 20.8 Å². The normalized spacial score (nSPS) is 18.9. The van der Waals surface area contributed by atoms with E-state index in [1.807, 2.05) is 30.9 Å². The molecule has 2 aromatic rings. The highest BCUT2D eigenvalue weighted by atomic mass is 16.5. The number of hydrogen-bond acceptors (Lipinski definition) is 4. The van der Waals surface area contributed by atoms with Gasteiger partial charge in [-0.2, -0.15) is 4.98 Å². The summed E-state index contributed by atoms with van der Waals surface area (Å²) in [4.78, 5) is 18.3. The van der Waals surface area contributed by atoms with Gasteiger partial charge in [-0.3, -0.25) is 4.79 Å². The van der Waals surface area contributed by atoms with E-state index in [0.717, 1.165) is 11.3 Å². The van der Waals surface area contributed by atoms with Gasteiger partial charge in [-0.25, -0.2) is 0 Å². The molecule has 1 aliphatic rings. The van der Waals surface area contributed by atoms with Crippen molar-refractivity contribution in [3.8, 4) is 0 Å². The Bertz CT molecular complexity index is 663. The van der Waals surface area contributed by atoms with Gasteiger partial charge in [0, 0.05) is 31.5 Å². The summed E-state index contributed by atoms with van der Waals surface area (Å²) in [6.45, 7) is 6.45. The second kappa shape index (κ2) is 4.74. The van der Waals surface area contributed by atoms with E-state index < -0.39 is 0 Å². The SMILES string of the molecule is Cc1ccc(N2CC(c3noc(C)n3)CC2=O)c(C)c1. The molecule has 1 aromatic carbocycles. The highest BCUT2D eigenvalue weighted by molar-refractivity contribution is 5.97. The molecule has 0 N–H and O–H groups in total. The van der Waals surface area contributed by atoms with E-state index in [1.54, 1.807) is 6.92 Å². The van der Waals surface area contributed by atoms with Crippen LogP contribution in [0.15, 0.2) is 22.7 Å². The van der Waals surface area contributed by atoms with Crippen molar-refractivity contribution < 1.29 is 9.32 Å². The van der Waals surface area contributed by atoms with Crippen LogP contribution in [0.1, 0.15) is 35.2 Å². The van der Waals surface area contributed by atoms with Crippen LogP contribution in [0.2, 0.25) is 0 Å². The first-order valence-electron chi connectivity index (χ1n) is 6.72. The maximum Gasteiger partial charge on any atom is 0.227 e. The largest absolute Gasteiger partial charge is 0.340 e. The molecule has 0 bridgehead atoms. The van der Waals surface area contributed by atoms with E-state index >= 15 is 0 Å². The van der Waals surface area contributed by atoms with Crippen LogP contribution in [-0.2, 0) is 4.79 Å². The van der Waals surface area contributed by atoms with Crippen molar-refractivity contribution in [3.05, 3.63) is 41.0 Å². The molecule has 0 spiro atoms. The lowest BCUT2D eigenvalue weighted by Gasteiger charge is -2.19. The average molecular weight is 271 g/mol. The number of aryl methyl sites for hydroxylation is 3. The minimum atomic E-state index is 0.0145. The molecule has 1 amide bonds. The molecule has 0 aliphatic carbocycles. The molecule has 104 valence electrons. The van der Waals surface area contributed by atoms with Gasteiger partial charge in [0.25, 0.3) is 0 Å². The monoisotopic (exact) mass is 271 g/mol. The molecule has 1 fully saturated rings. The first-order valence-corrected chi connectivity index (χ1v) is 6.72. The summed E-state index contributed by atoms with van der Waals surface area (Å²) in [5.74, 6) is 1.30. The van der Waals surface area contributed by atoms with Crippen molar-refractivity contribution >= 4 is 11.6 Å². The second-order valence-corrected chi connectivity index (χ2v) is 5.37. The lowest BCUT2D eigenvalue weighted by molar-refractivity contribution is -0.117. The van der Waals surface area contributed by atoms with Gasteiger partial charge in [0.15, 0.2) is 5.82 Å². The summed E-state index contributed by atoms with van der Waals surface area (Å²) in [5, 5.41) is 3.93. The fourth-order valence-corrected chi connectivity index (χ4v) is 2.70. The number of carbonyl (C=O) groups excluding carboxylic acids is 1. The Hall–Kier alpha value is -2.17. The molecule has 1 aromatic heterocycles. The molecule has 1 atom stereocenters. The zero-order chi connectivity index (χ0) is 14.3. The first-order chi connectivity index (χ1) is 9.54. The maximum atomic E-state index is 12.2. The number of hydrogen-bond donors (Lipinski definition) is 0. The van der Waals surface area contributed by atoms with Crippen LogP contribution in [0.4, 0.5) is 5.69 Å². The number of anilines is 1. The molecular formula is C15H17N3O2. The number of amides is 1. The Balaban J connectivity index is 1.87. The highest BCUT2D eigenvalue weighted by Crippen LogP contribution is 2.32. The predicted molar refractivity (Wildman–Crippen MR) is 74.7 cm³/mol. The molecule has 0 radical (unpaired) electrons. The second-order valence-electron chi connectivity index (χ2n) is 5.37. The molecule has 0 saturated carbocycles. The number of rotatable bonds is 2. The smallest absolute Gasteiger partial charge is 0.227 e. The summed E-state index contributed by atoms with van der Waals surface area (Å²) in [7, 11) is 0. The summed E-state index contributed by atoms with van der Waals surface area (Å²) in [6, 6.07) is 6.13. The summed E-state index contributed by atoms with van der Waals surface area (Å²) < 4.78 is 5.00. The maximum absolute atomic E-state index is 12.2. The lowest BCUT2D eigenvalue weighted by atomic mass is 10.1. The van der Waals surface area contributed by atoms with Gasteiger partial charge in [-0.05, 0) is 25.5 Å². The minimum Gasteiger partial charge on any atom is -0.340 e. The van der Waals surface area contributed by atoms with Crippen molar-refractivity contribution in [3.63, 3.8) is 0 Å². The summed E-state index contributed by atoms with van der Waals surface area (Å²) in [6.07, 6.45) is 0.437. The van der Waals surface area contributed by atoms with Gasteiger partial charge >= 0.3 is 0 Å². The van der Waals surface area contributed by atoms with Gasteiger partial charge in [-0.15, -0.1) is 0 Å². The van der Waals surface area contributed by atoms with E-state index in [2.05, 4.69) is 16.2 Å². The average Bonchev–Trinajstić information content (AvgIpc) is 2.96. The summed E-state index contributed by atoms with van der Waals surface area (Å²) >= 11 is 0. The number of carbonyl (C=O) groups is 1. The zero-order valence-electron chi connectivity index (χ0n) is 11.9. The van der Waals surface area contributed by atoms with Gasteiger partial charge in [-0.1, -0.05) is 22.9 Å². The van der Waals surface area contributed by atoms with Gasteiger partial charge < -0.3 is 9.42 Å². The number of nitrogens with zero attached hydrogens (tertiary/aromatic N) is 3. The molecule has 5 nitrogen and oxygen atoms in total. The Morgan fingerprint density at radius 2 is 2.10 bits per heavy atom. The molecule has 20 heavy (non-hydrogen) atoms. The van der Waals surface area contributed by atoms with Crippen molar-refractivity contribution in [2.75, 3.05) is 11.4 Å². The van der Waals surface area contributed by atoms with E-state index in [0.29, 0.717) is 24.7 Å². The topological polar surface area (TPSA) is 59.2 Å². The van der Waals surface area contributed by atoms with E-state index in [4.69, 9.17) is 4.52 Å². The number of aromatic nitrogens is 2. The summed E-state index contributed by atoms with van der Waals surface area (Å²) in [5.41, 5.74) is 3.29. The molecule has 1 unspecified atom stereocenters. The Labute approximate surface area is 117 Å². The fraction of sp³-hybridized carbons (Fsp3) is 0.400. The van der Waals surface area contributed by atoms with Gasteiger partial charge in [0.05, 0.1) is 0 Å². The molecule has 3 rings (SSSR count). The Morgan fingerprint density at radius 1 is 1.30 bits per heavy atom. The van der Waals surface area contributed by atoms with Crippen LogP contribution in [0.25, 0.3) is 0 Å². The Kier molecular flexibility index (Phi) is 3.04. The van der Waals surface area contributed by atoms with Crippen LogP contribution in [0.3, 0.4) is 0 Å². The van der Waals surface area contributed by atoms with E-state index in [-0.39, 0.29) is 11.8 Å². The van der Waals surface area contributed by atoms with Crippen molar-refractivity contribution in [2.24, 2.45) is 0 Å². The first kappa shape index (κ1) is 12.8. The lowest BCUT2D eigenvalue weighted by Crippen LogP contribution is -2.25. The third-order valence-electron chi connectivity index (χ3n) is 3.68. The number of benzene rings is 1. The third-order valence-corrected chi connectivity index (χ3v) is 3.68. The van der Waals surface area contributed by atoms with Gasteiger partial charge in [0.2, 0.25) is 11.8 Å². The molecule has 1 aliphatic heterocycles. The highest BCUT2D eigenvalue weighted by Gasteiger charge is 2.34. The molecule has 2 heterocycles. The zero-order valence-corrected chi connectivity index (χ0v) is 11.9. The quantitative estimate of drug-likeness (QED) is 0.842. The standard InChI is InChI=1S/C15H17N3O2/c1-9-4-5-13(10(2)6-9)18-8-12(7-14(18)19)15-16-11(3)20-17-15/h4-6,12H,7-8H2,1-3H3. The minimum absolute atomic E-state index is 0.0145. The van der Waals surface area contributed by atoms with Crippen LogP contribution < -0.4 is 4.90 Å². The third kappa shape index (κ3) is 2.19. The van der Waals surface area contributed by atoms with Crippen molar-refractivity contribution in [2.45, 2.75) is 33.1 Å². The fourth-order valence-electron chi connectivity index (χ4n) is 2.70. The van der Waals surface area contributed by atoms with E-state index in [9.17, 15) is 4.79 Å². The van der Waals surface area contributed by atoms with E-state index in [1.165, 1.54) is 5.56 Å². The van der Waals surface area contributed by atoms with Crippen molar-refractivity contribution in [1.29, 1.82) is 0 Å². The van der Waals surface area contributed by atoms with Crippen LogP contribution >= 0.6 is 0 Å². The van der Waals surface area contributed by atoms with Crippen LogP contribution in [0.5, 0.6) is 0 Å². The molecule has 5 heteroatoms.